The van der Waals surface area contributed by atoms with Crippen LogP contribution in [0.15, 0.2) is 42.6 Å². The summed E-state index contributed by atoms with van der Waals surface area (Å²) in [7, 11) is 1.90. The monoisotopic (exact) mass is 390 g/mol. The van der Waals surface area contributed by atoms with Crippen molar-refractivity contribution in [3.63, 3.8) is 0 Å². The molecule has 1 aromatic carbocycles. The first-order chi connectivity index (χ1) is 13.3. The fourth-order valence-corrected chi connectivity index (χ4v) is 3.54. The highest BCUT2D eigenvalue weighted by molar-refractivity contribution is 5.94. The van der Waals surface area contributed by atoms with Gasteiger partial charge in [-0.25, -0.2) is 9.97 Å². The lowest BCUT2D eigenvalue weighted by Gasteiger charge is -2.17. The van der Waals surface area contributed by atoms with Crippen molar-refractivity contribution in [2.75, 3.05) is 13.1 Å². The van der Waals surface area contributed by atoms with E-state index in [1.165, 1.54) is 12.1 Å². The molecule has 1 aliphatic heterocycles. The van der Waals surface area contributed by atoms with Gasteiger partial charge in [0, 0.05) is 37.8 Å². The van der Waals surface area contributed by atoms with Crippen molar-refractivity contribution < 1.29 is 22.7 Å². The molecule has 9 heteroatoms. The molecule has 1 fully saturated rings. The smallest absolute Gasteiger partial charge is 0.406 e. The summed E-state index contributed by atoms with van der Waals surface area (Å²) in [6.07, 6.45) is -2.28. The van der Waals surface area contributed by atoms with Crippen LogP contribution in [0.5, 0.6) is 5.75 Å². The van der Waals surface area contributed by atoms with E-state index in [4.69, 9.17) is 0 Å². The molecular weight excluding hydrogens is 373 g/mol. The zero-order chi connectivity index (χ0) is 19.9. The molecule has 28 heavy (non-hydrogen) atoms. The van der Waals surface area contributed by atoms with Crippen molar-refractivity contribution in [1.29, 1.82) is 0 Å². The maximum absolute atomic E-state index is 12.7. The number of fused-ring (bicyclic) bond motifs is 1. The van der Waals surface area contributed by atoms with Crippen molar-refractivity contribution in [3.05, 3.63) is 54.0 Å². The Morgan fingerprint density at radius 2 is 1.96 bits per heavy atom. The number of ether oxygens (including phenoxy) is 1. The van der Waals surface area contributed by atoms with E-state index in [0.717, 1.165) is 35.5 Å². The summed E-state index contributed by atoms with van der Waals surface area (Å²) in [6.45, 7) is 1.05. The average Bonchev–Trinajstić information content (AvgIpc) is 3.26. The number of carbonyl (C=O) groups excluding carboxylic acids is 1. The Hall–Kier alpha value is -3.10. The number of rotatable bonds is 3. The van der Waals surface area contributed by atoms with Crippen LogP contribution in [-0.4, -0.2) is 44.8 Å². The normalized spacial score (nSPS) is 17.3. The van der Waals surface area contributed by atoms with Crippen LogP contribution in [0, 0.1) is 0 Å². The predicted octanol–water partition coefficient (Wildman–Crippen LogP) is 3.50. The highest BCUT2D eigenvalue weighted by Crippen LogP contribution is 2.30. The number of hydrogen-bond donors (Lipinski definition) is 0. The summed E-state index contributed by atoms with van der Waals surface area (Å²) in [5.41, 5.74) is 1.93. The van der Waals surface area contributed by atoms with E-state index >= 15 is 0 Å². The van der Waals surface area contributed by atoms with Crippen LogP contribution in [0.4, 0.5) is 13.2 Å². The topological polar surface area (TPSA) is 60.2 Å². The number of carbonyl (C=O) groups is 1. The number of imidazole rings is 1. The Morgan fingerprint density at radius 3 is 2.64 bits per heavy atom. The van der Waals surface area contributed by atoms with Crippen molar-refractivity contribution in [3.8, 4) is 5.75 Å². The summed E-state index contributed by atoms with van der Waals surface area (Å²) in [5.74, 6) is 0.377. The molecule has 2 aromatic heterocycles. The summed E-state index contributed by atoms with van der Waals surface area (Å²) in [5, 5.41) is 0. The van der Waals surface area contributed by atoms with E-state index in [2.05, 4.69) is 14.7 Å². The molecule has 0 N–H and O–H groups in total. The number of benzene rings is 1. The number of aryl methyl sites for hydroxylation is 1. The van der Waals surface area contributed by atoms with E-state index in [-0.39, 0.29) is 17.6 Å². The molecule has 1 saturated heterocycles. The number of likely N-dealkylation sites (tertiary alicyclic amines) is 1. The minimum Gasteiger partial charge on any atom is -0.406 e. The molecule has 0 aliphatic carbocycles. The van der Waals surface area contributed by atoms with Crippen LogP contribution in [0.1, 0.15) is 28.5 Å². The van der Waals surface area contributed by atoms with Gasteiger partial charge in [-0.3, -0.25) is 4.79 Å². The number of amides is 1. The summed E-state index contributed by atoms with van der Waals surface area (Å²) in [4.78, 5) is 23.4. The largest absolute Gasteiger partial charge is 0.573 e. The SMILES string of the molecule is Cn1c([C@@H]2CCN(C(=O)c3ccc(OC(F)(F)F)cc3)C2)nc2cccnc21. The van der Waals surface area contributed by atoms with Gasteiger partial charge in [-0.2, -0.15) is 0 Å². The van der Waals surface area contributed by atoms with E-state index in [9.17, 15) is 18.0 Å². The minimum atomic E-state index is -4.76. The summed E-state index contributed by atoms with van der Waals surface area (Å²) >= 11 is 0. The third-order valence-corrected chi connectivity index (χ3v) is 4.84. The molecule has 3 aromatic rings. The Labute approximate surface area is 158 Å². The number of nitrogens with zero attached hydrogens (tertiary/aromatic N) is 4. The third-order valence-electron chi connectivity index (χ3n) is 4.84. The maximum Gasteiger partial charge on any atom is 0.573 e. The molecule has 4 rings (SSSR count). The van der Waals surface area contributed by atoms with Crippen molar-refractivity contribution in [2.24, 2.45) is 7.05 Å². The number of alkyl halides is 3. The van der Waals surface area contributed by atoms with Crippen LogP contribution in [0.25, 0.3) is 11.2 Å². The van der Waals surface area contributed by atoms with Crippen molar-refractivity contribution >= 4 is 17.1 Å². The van der Waals surface area contributed by atoms with Gasteiger partial charge in [0.25, 0.3) is 5.91 Å². The lowest BCUT2D eigenvalue weighted by atomic mass is 10.1. The molecular formula is C19H17F3N4O2. The molecule has 0 saturated carbocycles. The third kappa shape index (κ3) is 3.51. The van der Waals surface area contributed by atoms with Gasteiger partial charge in [-0.15, -0.1) is 13.2 Å². The van der Waals surface area contributed by atoms with Crippen LogP contribution in [0.3, 0.4) is 0 Å². The van der Waals surface area contributed by atoms with Gasteiger partial charge in [0.15, 0.2) is 5.65 Å². The van der Waals surface area contributed by atoms with E-state index in [1.54, 1.807) is 11.1 Å². The van der Waals surface area contributed by atoms with E-state index in [0.29, 0.717) is 18.7 Å². The highest BCUT2D eigenvalue weighted by atomic mass is 19.4. The van der Waals surface area contributed by atoms with E-state index < -0.39 is 6.36 Å². The molecule has 1 atom stereocenters. The Kier molecular flexibility index (Phi) is 4.44. The fourth-order valence-electron chi connectivity index (χ4n) is 3.54. The average molecular weight is 390 g/mol. The highest BCUT2D eigenvalue weighted by Gasteiger charge is 2.32. The molecule has 1 amide bonds. The van der Waals surface area contributed by atoms with Crippen molar-refractivity contribution in [2.45, 2.75) is 18.7 Å². The van der Waals surface area contributed by atoms with Gasteiger partial charge >= 0.3 is 6.36 Å². The Morgan fingerprint density at radius 1 is 1.21 bits per heavy atom. The van der Waals surface area contributed by atoms with Gasteiger partial charge < -0.3 is 14.2 Å². The first kappa shape index (κ1) is 18.3. The summed E-state index contributed by atoms with van der Waals surface area (Å²) < 4.78 is 42.5. The standard InChI is InChI=1S/C19H17F3N4O2/c1-25-16(24-15-3-2-9-23-17(15)25)13-8-10-26(11-13)18(27)12-4-6-14(7-5-12)28-19(20,21)22/h2-7,9,13H,8,10-11H2,1H3/t13-/m1/s1. The van der Waals surface area contributed by atoms with Crippen LogP contribution in [-0.2, 0) is 7.05 Å². The van der Waals surface area contributed by atoms with Crippen LogP contribution >= 0.6 is 0 Å². The second-order valence-electron chi connectivity index (χ2n) is 6.68. The van der Waals surface area contributed by atoms with Gasteiger partial charge in [0.05, 0.1) is 0 Å². The van der Waals surface area contributed by atoms with Gasteiger partial charge in [-0.1, -0.05) is 0 Å². The molecule has 0 spiro atoms. The zero-order valence-electron chi connectivity index (χ0n) is 15.0. The summed E-state index contributed by atoms with van der Waals surface area (Å²) in [6, 6.07) is 8.70. The molecule has 6 nitrogen and oxygen atoms in total. The van der Waals surface area contributed by atoms with Gasteiger partial charge in [-0.05, 0) is 42.8 Å². The minimum absolute atomic E-state index is 0.0796. The number of aromatic nitrogens is 3. The second kappa shape index (κ2) is 6.81. The zero-order valence-corrected chi connectivity index (χ0v) is 15.0. The first-order valence-corrected chi connectivity index (χ1v) is 8.74. The molecule has 0 unspecified atom stereocenters. The number of hydrogen-bond acceptors (Lipinski definition) is 4. The maximum atomic E-state index is 12.7. The molecule has 0 bridgehead atoms. The quantitative estimate of drug-likeness (QED) is 0.687. The lowest BCUT2D eigenvalue weighted by Crippen LogP contribution is -2.28. The number of pyridine rings is 1. The Bertz CT molecular complexity index is 1010. The molecule has 3 heterocycles. The molecule has 146 valence electrons. The van der Waals surface area contributed by atoms with E-state index in [1.807, 2.05) is 23.7 Å². The first-order valence-electron chi connectivity index (χ1n) is 8.74. The Balaban J connectivity index is 1.47. The van der Waals surface area contributed by atoms with Crippen molar-refractivity contribution in [1.82, 2.24) is 19.4 Å². The predicted molar refractivity (Wildman–Crippen MR) is 94.9 cm³/mol. The lowest BCUT2D eigenvalue weighted by molar-refractivity contribution is -0.274. The van der Waals surface area contributed by atoms with Crippen LogP contribution in [0.2, 0.25) is 0 Å². The van der Waals surface area contributed by atoms with Crippen LogP contribution < -0.4 is 4.74 Å². The molecule has 1 aliphatic rings. The van der Waals surface area contributed by atoms with Gasteiger partial charge in [0.2, 0.25) is 0 Å². The number of halogens is 3. The molecule has 0 radical (unpaired) electrons. The second-order valence-corrected chi connectivity index (χ2v) is 6.68. The van der Waals surface area contributed by atoms with Gasteiger partial charge in [0.1, 0.15) is 17.1 Å². The fraction of sp³-hybridized carbons (Fsp3) is 0.316.